The fraction of sp³-hybridized carbons (Fsp3) is 0.250. The second-order valence-corrected chi connectivity index (χ2v) is 7.94. The van der Waals surface area contributed by atoms with E-state index in [4.69, 9.17) is 4.42 Å². The number of nitrogens with zero attached hydrogens (tertiary/aromatic N) is 4. The van der Waals surface area contributed by atoms with Crippen molar-refractivity contribution in [2.75, 3.05) is 13.1 Å². The Morgan fingerprint density at radius 3 is 2.62 bits per heavy atom. The van der Waals surface area contributed by atoms with Gasteiger partial charge in [0.2, 0.25) is 0 Å². The van der Waals surface area contributed by atoms with Gasteiger partial charge >= 0.3 is 0 Å². The normalized spacial score (nSPS) is 14.6. The number of hydrogen-bond donors (Lipinski definition) is 1. The number of likely N-dealkylation sites (tertiary alicyclic amines) is 1. The third kappa shape index (κ3) is 4.12. The number of amides is 2. The Bertz CT molecular complexity index is 1230. The largest absolute Gasteiger partial charge is 0.459 e. The summed E-state index contributed by atoms with van der Waals surface area (Å²) in [4.78, 5) is 31.4. The van der Waals surface area contributed by atoms with Crippen LogP contribution in [0.3, 0.4) is 0 Å². The molecule has 1 fully saturated rings. The van der Waals surface area contributed by atoms with Crippen LogP contribution in [0, 0.1) is 0 Å². The minimum atomic E-state index is -0.161. The molecule has 4 aromatic rings. The van der Waals surface area contributed by atoms with Crippen LogP contribution in [-0.4, -0.2) is 50.6 Å². The second-order valence-electron chi connectivity index (χ2n) is 7.94. The third-order valence-corrected chi connectivity index (χ3v) is 5.76. The summed E-state index contributed by atoms with van der Waals surface area (Å²) in [7, 11) is 0. The van der Waals surface area contributed by atoms with Crippen molar-refractivity contribution in [1.82, 2.24) is 25.0 Å². The van der Waals surface area contributed by atoms with E-state index in [0.717, 1.165) is 16.6 Å². The number of piperidine rings is 1. The first-order chi connectivity index (χ1) is 15.7. The predicted octanol–water partition coefficient (Wildman–Crippen LogP) is 3.11. The van der Waals surface area contributed by atoms with Gasteiger partial charge in [0.1, 0.15) is 0 Å². The first-order valence-electron chi connectivity index (χ1n) is 10.7. The maximum absolute atomic E-state index is 12.8. The summed E-state index contributed by atoms with van der Waals surface area (Å²) in [6.45, 7) is 1.78. The Kier molecular flexibility index (Phi) is 5.41. The molecule has 0 radical (unpaired) electrons. The number of rotatable bonds is 5. The van der Waals surface area contributed by atoms with Gasteiger partial charge in [-0.05, 0) is 36.6 Å². The van der Waals surface area contributed by atoms with Crippen molar-refractivity contribution in [3.8, 4) is 0 Å². The molecule has 1 aromatic carbocycles. The minimum Gasteiger partial charge on any atom is -0.459 e. The number of hydrogen-bond acceptors (Lipinski definition) is 5. The van der Waals surface area contributed by atoms with Crippen molar-refractivity contribution >= 4 is 22.8 Å². The van der Waals surface area contributed by atoms with Gasteiger partial charge in [0.05, 0.1) is 24.6 Å². The van der Waals surface area contributed by atoms with Crippen molar-refractivity contribution in [2.24, 2.45) is 0 Å². The van der Waals surface area contributed by atoms with Crippen molar-refractivity contribution in [1.29, 1.82) is 0 Å². The van der Waals surface area contributed by atoms with Gasteiger partial charge < -0.3 is 14.6 Å². The molecular formula is C24H23N5O3. The highest BCUT2D eigenvalue weighted by Gasteiger charge is 2.26. The molecule has 32 heavy (non-hydrogen) atoms. The fourth-order valence-electron chi connectivity index (χ4n) is 4.02. The summed E-state index contributed by atoms with van der Waals surface area (Å²) < 4.78 is 7.02. The fourth-order valence-corrected chi connectivity index (χ4v) is 4.02. The number of fused-ring (bicyclic) bond motifs is 1. The van der Waals surface area contributed by atoms with Crippen LogP contribution in [0.5, 0.6) is 0 Å². The minimum absolute atomic E-state index is 0.0136. The number of benzene rings is 1. The number of furan rings is 1. The van der Waals surface area contributed by atoms with Crippen LogP contribution in [0.2, 0.25) is 0 Å². The van der Waals surface area contributed by atoms with Crippen molar-refractivity contribution in [3.05, 3.63) is 84.1 Å². The number of aromatic nitrogens is 3. The standard InChI is InChI=1S/C24H23N5O3/c30-23(27-20-8-10-28(11-9-20)24(31)21-7-4-12-32-21)19-13-18-15-26-29(22(18)25-14-19)16-17-5-2-1-3-6-17/h1-7,12-15,20H,8-11,16H2,(H,27,30). The Balaban J connectivity index is 1.20. The second kappa shape index (κ2) is 8.66. The number of carbonyl (C=O) groups excluding carboxylic acids is 2. The summed E-state index contributed by atoms with van der Waals surface area (Å²) in [5, 5.41) is 8.33. The molecule has 162 valence electrons. The highest BCUT2D eigenvalue weighted by Crippen LogP contribution is 2.17. The van der Waals surface area contributed by atoms with Gasteiger partial charge in [-0.3, -0.25) is 9.59 Å². The lowest BCUT2D eigenvalue weighted by Gasteiger charge is -2.31. The van der Waals surface area contributed by atoms with Gasteiger partial charge in [0.15, 0.2) is 11.4 Å². The summed E-state index contributed by atoms with van der Waals surface area (Å²) in [5.74, 6) is 0.0765. The molecule has 1 aliphatic heterocycles. The van der Waals surface area contributed by atoms with E-state index in [1.54, 1.807) is 29.4 Å². The van der Waals surface area contributed by atoms with E-state index in [-0.39, 0.29) is 17.9 Å². The van der Waals surface area contributed by atoms with Crippen LogP contribution in [0.4, 0.5) is 0 Å². The van der Waals surface area contributed by atoms with Gasteiger partial charge in [-0.2, -0.15) is 5.10 Å². The molecule has 2 amide bonds. The van der Waals surface area contributed by atoms with Crippen molar-refractivity contribution in [3.63, 3.8) is 0 Å². The Morgan fingerprint density at radius 1 is 1.06 bits per heavy atom. The molecular weight excluding hydrogens is 406 g/mol. The SMILES string of the molecule is O=C(NC1CCN(C(=O)c2ccco2)CC1)c1cnc2c(cnn2Cc2ccccc2)c1. The summed E-state index contributed by atoms with van der Waals surface area (Å²) in [6.07, 6.45) is 6.22. The molecule has 1 aliphatic rings. The van der Waals surface area contributed by atoms with Gasteiger partial charge in [-0.1, -0.05) is 30.3 Å². The molecule has 3 aromatic heterocycles. The Labute approximate surface area is 184 Å². The van der Waals surface area contributed by atoms with Crippen molar-refractivity contribution in [2.45, 2.75) is 25.4 Å². The van der Waals surface area contributed by atoms with E-state index >= 15 is 0 Å². The van der Waals surface area contributed by atoms with E-state index in [0.29, 0.717) is 43.8 Å². The topological polar surface area (TPSA) is 93.3 Å². The molecule has 0 aliphatic carbocycles. The molecule has 0 spiro atoms. The quantitative estimate of drug-likeness (QED) is 0.526. The highest BCUT2D eigenvalue weighted by atomic mass is 16.3. The Morgan fingerprint density at radius 2 is 1.88 bits per heavy atom. The van der Waals surface area contributed by atoms with E-state index in [9.17, 15) is 9.59 Å². The van der Waals surface area contributed by atoms with E-state index < -0.39 is 0 Å². The lowest BCUT2D eigenvalue weighted by molar-refractivity contribution is 0.0667. The number of carbonyl (C=O) groups is 2. The first kappa shape index (κ1) is 20.0. The van der Waals surface area contributed by atoms with Crippen LogP contribution < -0.4 is 5.32 Å². The van der Waals surface area contributed by atoms with Gasteiger partial charge in [0, 0.05) is 30.7 Å². The lowest BCUT2D eigenvalue weighted by Crippen LogP contribution is -2.46. The zero-order valence-electron chi connectivity index (χ0n) is 17.5. The molecule has 8 nitrogen and oxygen atoms in total. The molecule has 0 atom stereocenters. The zero-order valence-corrected chi connectivity index (χ0v) is 17.5. The smallest absolute Gasteiger partial charge is 0.289 e. The summed E-state index contributed by atoms with van der Waals surface area (Å²) >= 11 is 0. The average Bonchev–Trinajstić information content (AvgIpc) is 3.50. The van der Waals surface area contributed by atoms with Gasteiger partial charge in [-0.15, -0.1) is 0 Å². The first-order valence-corrected chi connectivity index (χ1v) is 10.7. The van der Waals surface area contributed by atoms with Crippen LogP contribution in [0.25, 0.3) is 11.0 Å². The maximum Gasteiger partial charge on any atom is 0.289 e. The molecule has 0 bridgehead atoms. The van der Waals surface area contributed by atoms with Crippen LogP contribution >= 0.6 is 0 Å². The lowest BCUT2D eigenvalue weighted by atomic mass is 10.0. The van der Waals surface area contributed by atoms with Gasteiger partial charge in [0.25, 0.3) is 11.8 Å². The van der Waals surface area contributed by atoms with Crippen LogP contribution in [-0.2, 0) is 6.54 Å². The zero-order chi connectivity index (χ0) is 21.9. The van der Waals surface area contributed by atoms with E-state index in [1.807, 2.05) is 41.1 Å². The highest BCUT2D eigenvalue weighted by molar-refractivity contribution is 5.97. The summed E-state index contributed by atoms with van der Waals surface area (Å²) in [6, 6.07) is 15.3. The Hall–Kier alpha value is -3.94. The number of pyridine rings is 1. The van der Waals surface area contributed by atoms with E-state index in [1.165, 1.54) is 6.26 Å². The molecule has 1 saturated heterocycles. The number of nitrogens with one attached hydrogen (secondary N) is 1. The maximum atomic E-state index is 12.8. The van der Waals surface area contributed by atoms with Crippen LogP contribution in [0.1, 0.15) is 39.3 Å². The van der Waals surface area contributed by atoms with E-state index in [2.05, 4.69) is 15.4 Å². The monoisotopic (exact) mass is 429 g/mol. The van der Waals surface area contributed by atoms with Gasteiger partial charge in [-0.25, -0.2) is 9.67 Å². The molecule has 4 heterocycles. The molecule has 8 heteroatoms. The third-order valence-electron chi connectivity index (χ3n) is 5.76. The van der Waals surface area contributed by atoms with Crippen LogP contribution in [0.15, 0.2) is 71.6 Å². The molecule has 0 saturated carbocycles. The molecule has 0 unspecified atom stereocenters. The average molecular weight is 429 g/mol. The summed E-state index contributed by atoms with van der Waals surface area (Å²) in [5.41, 5.74) is 2.39. The molecule has 1 N–H and O–H groups in total. The molecule has 5 rings (SSSR count). The predicted molar refractivity (Wildman–Crippen MR) is 118 cm³/mol. The van der Waals surface area contributed by atoms with Crippen molar-refractivity contribution < 1.29 is 14.0 Å².